The third-order valence-corrected chi connectivity index (χ3v) is 5.67. The number of benzene rings is 1. The van der Waals surface area contributed by atoms with E-state index in [1.54, 1.807) is 0 Å². The summed E-state index contributed by atoms with van der Waals surface area (Å²) >= 11 is 0. The molecule has 2 aliphatic heterocycles. The van der Waals surface area contributed by atoms with E-state index in [-0.39, 0.29) is 0 Å². The smallest absolute Gasteiger partial charge is 0.0900 e. The molecular formula is C21H27N5. The van der Waals surface area contributed by atoms with E-state index >= 15 is 0 Å². The Kier molecular flexibility index (Phi) is 4.80. The minimum absolute atomic E-state index is 0.526. The molecule has 136 valence electrons. The van der Waals surface area contributed by atoms with Gasteiger partial charge in [0.1, 0.15) is 0 Å². The quantitative estimate of drug-likeness (QED) is 0.336. The number of aromatic nitrogens is 1. The molecule has 0 radical (unpaired) electrons. The van der Waals surface area contributed by atoms with E-state index in [2.05, 4.69) is 32.9 Å². The third kappa shape index (κ3) is 3.53. The predicted molar refractivity (Wildman–Crippen MR) is 108 cm³/mol. The lowest BCUT2D eigenvalue weighted by Crippen LogP contribution is -2.51. The van der Waals surface area contributed by atoms with Gasteiger partial charge in [-0.3, -0.25) is 0 Å². The van der Waals surface area contributed by atoms with Crippen molar-refractivity contribution in [1.29, 1.82) is 0 Å². The number of fused-ring (bicyclic) bond motifs is 3. The normalized spacial score (nSPS) is 26.3. The van der Waals surface area contributed by atoms with Gasteiger partial charge in [-0.05, 0) is 62.1 Å². The summed E-state index contributed by atoms with van der Waals surface area (Å²) in [6.07, 6.45) is 9.70. The zero-order valence-electron chi connectivity index (χ0n) is 15.1. The fourth-order valence-electron chi connectivity index (χ4n) is 4.26. The van der Waals surface area contributed by atoms with E-state index in [0.29, 0.717) is 6.04 Å². The van der Waals surface area contributed by atoms with Crippen LogP contribution in [0.25, 0.3) is 10.9 Å². The molecule has 3 unspecified atom stereocenters. The Bertz CT molecular complexity index is 847. The number of aromatic amines is 1. The van der Waals surface area contributed by atoms with Crippen molar-refractivity contribution in [3.8, 4) is 0 Å². The van der Waals surface area contributed by atoms with Gasteiger partial charge in [0.2, 0.25) is 0 Å². The molecule has 1 aromatic heterocycles. The van der Waals surface area contributed by atoms with Gasteiger partial charge in [-0.25, -0.2) is 0 Å². The molecule has 2 saturated heterocycles. The van der Waals surface area contributed by atoms with Crippen LogP contribution in [-0.2, 0) is 0 Å². The molecule has 0 aliphatic carbocycles. The highest BCUT2D eigenvalue weighted by atomic mass is 15.2. The van der Waals surface area contributed by atoms with Gasteiger partial charge in [0.15, 0.2) is 0 Å². The van der Waals surface area contributed by atoms with Crippen LogP contribution in [0.2, 0.25) is 0 Å². The molecule has 5 heteroatoms. The van der Waals surface area contributed by atoms with E-state index in [0.717, 1.165) is 33.8 Å². The number of hydrogen-bond donors (Lipinski definition) is 3. The van der Waals surface area contributed by atoms with Crippen LogP contribution >= 0.6 is 0 Å². The molecule has 0 spiro atoms. The molecule has 2 aromatic rings. The van der Waals surface area contributed by atoms with Gasteiger partial charge in [0.05, 0.1) is 5.71 Å². The number of piperidine rings is 2. The van der Waals surface area contributed by atoms with E-state index in [1.807, 2.05) is 36.5 Å². The van der Waals surface area contributed by atoms with Gasteiger partial charge in [-0.15, -0.1) is 0 Å². The van der Waals surface area contributed by atoms with Gasteiger partial charge < -0.3 is 21.0 Å². The van der Waals surface area contributed by atoms with Crippen LogP contribution in [0.4, 0.5) is 0 Å². The van der Waals surface area contributed by atoms with Crippen LogP contribution in [0.3, 0.4) is 0 Å². The lowest BCUT2D eigenvalue weighted by Gasteiger charge is -2.43. The maximum absolute atomic E-state index is 5.63. The summed E-state index contributed by atoms with van der Waals surface area (Å²) < 4.78 is 0. The number of rotatable bonds is 5. The molecular weight excluding hydrogens is 322 g/mol. The second kappa shape index (κ2) is 7.38. The minimum Gasteiger partial charge on any atom is -0.382 e. The summed E-state index contributed by atoms with van der Waals surface area (Å²) in [6.45, 7) is 7.87. The highest BCUT2D eigenvalue weighted by molar-refractivity contribution is 6.10. The third-order valence-electron chi connectivity index (χ3n) is 5.67. The molecule has 3 heterocycles. The van der Waals surface area contributed by atoms with Crippen molar-refractivity contribution in [2.75, 3.05) is 19.6 Å². The van der Waals surface area contributed by atoms with Gasteiger partial charge in [0, 0.05) is 47.5 Å². The van der Waals surface area contributed by atoms with Gasteiger partial charge in [-0.2, -0.15) is 5.10 Å². The molecule has 5 nitrogen and oxygen atoms in total. The maximum Gasteiger partial charge on any atom is 0.0900 e. The standard InChI is InChI=1S/C21H27N5/c1-15(24-20-9-12-26-11-2-3-18(20)14-26)4-6-21(25-22)16-5-7-19-17(13-16)8-10-23-19/h4-8,10,13,18,20,23-24H,1-3,9,11-12,14,22H2/b6-4-,25-21+. The van der Waals surface area contributed by atoms with Crippen LogP contribution in [0.5, 0.6) is 0 Å². The van der Waals surface area contributed by atoms with Crippen molar-refractivity contribution >= 4 is 16.6 Å². The molecule has 2 aliphatic rings. The molecule has 26 heavy (non-hydrogen) atoms. The first-order valence-corrected chi connectivity index (χ1v) is 9.44. The van der Waals surface area contributed by atoms with Crippen LogP contribution in [0, 0.1) is 5.92 Å². The van der Waals surface area contributed by atoms with E-state index < -0.39 is 0 Å². The Balaban J connectivity index is 1.41. The van der Waals surface area contributed by atoms with Crippen molar-refractivity contribution in [2.45, 2.75) is 25.3 Å². The monoisotopic (exact) mass is 349 g/mol. The number of nitrogens with zero attached hydrogens (tertiary/aromatic N) is 2. The van der Waals surface area contributed by atoms with E-state index in [1.165, 1.54) is 38.9 Å². The SMILES string of the molecule is C=C(/C=C\C(=N/N)c1ccc2[nH]ccc2c1)NC1CCN2CCCC1C2. The Hall–Kier alpha value is -2.53. The summed E-state index contributed by atoms with van der Waals surface area (Å²) in [7, 11) is 0. The molecule has 2 fully saturated rings. The van der Waals surface area contributed by atoms with Gasteiger partial charge >= 0.3 is 0 Å². The number of hydrogen-bond acceptors (Lipinski definition) is 4. The van der Waals surface area contributed by atoms with Crippen LogP contribution < -0.4 is 11.2 Å². The summed E-state index contributed by atoms with van der Waals surface area (Å²) in [5, 5.41) is 8.74. The Morgan fingerprint density at radius 2 is 2.19 bits per heavy atom. The van der Waals surface area contributed by atoms with Gasteiger partial charge in [-0.1, -0.05) is 12.6 Å². The van der Waals surface area contributed by atoms with Crippen molar-refractivity contribution in [1.82, 2.24) is 15.2 Å². The first-order chi connectivity index (χ1) is 12.7. The molecule has 0 amide bonds. The zero-order chi connectivity index (χ0) is 17.9. The van der Waals surface area contributed by atoms with Crippen molar-refractivity contribution < 1.29 is 0 Å². The molecule has 0 saturated carbocycles. The van der Waals surface area contributed by atoms with Crippen molar-refractivity contribution in [3.05, 3.63) is 60.5 Å². The molecule has 1 aromatic carbocycles. The summed E-state index contributed by atoms with van der Waals surface area (Å²) in [5.41, 5.74) is 3.80. The molecule has 4 N–H and O–H groups in total. The minimum atomic E-state index is 0.526. The number of nitrogens with one attached hydrogen (secondary N) is 2. The average Bonchev–Trinajstić information content (AvgIpc) is 3.13. The number of allylic oxidation sites excluding steroid dienone is 2. The fraction of sp³-hybridized carbons (Fsp3) is 0.381. The predicted octanol–water partition coefficient (Wildman–Crippen LogP) is 2.97. The van der Waals surface area contributed by atoms with Gasteiger partial charge in [0.25, 0.3) is 0 Å². The second-order valence-corrected chi connectivity index (χ2v) is 7.40. The fourth-order valence-corrected chi connectivity index (χ4v) is 4.26. The lowest BCUT2D eigenvalue weighted by molar-refractivity contribution is 0.0966. The highest BCUT2D eigenvalue weighted by Gasteiger charge is 2.31. The highest BCUT2D eigenvalue weighted by Crippen LogP contribution is 2.27. The first-order valence-electron chi connectivity index (χ1n) is 9.44. The second-order valence-electron chi connectivity index (χ2n) is 7.40. The summed E-state index contributed by atoms with van der Waals surface area (Å²) in [6, 6.07) is 8.75. The Morgan fingerprint density at radius 3 is 3.08 bits per heavy atom. The zero-order valence-corrected chi connectivity index (χ0v) is 15.1. The first kappa shape index (κ1) is 16.9. The maximum atomic E-state index is 5.63. The van der Waals surface area contributed by atoms with Crippen molar-refractivity contribution in [3.63, 3.8) is 0 Å². The van der Waals surface area contributed by atoms with Crippen molar-refractivity contribution in [2.24, 2.45) is 16.9 Å². The van der Waals surface area contributed by atoms with Crippen LogP contribution in [0.15, 0.2) is 60.0 Å². The largest absolute Gasteiger partial charge is 0.382 e. The summed E-state index contributed by atoms with van der Waals surface area (Å²) in [5.74, 6) is 6.37. The Labute approximate surface area is 154 Å². The Morgan fingerprint density at radius 1 is 1.27 bits per heavy atom. The molecule has 2 bridgehead atoms. The number of hydrazone groups is 1. The topological polar surface area (TPSA) is 69.4 Å². The summed E-state index contributed by atoms with van der Waals surface area (Å²) in [4.78, 5) is 5.78. The molecule has 3 atom stereocenters. The van der Waals surface area contributed by atoms with E-state index in [9.17, 15) is 0 Å². The number of H-pyrrole nitrogens is 1. The number of nitrogens with two attached hydrogens (primary N) is 1. The van der Waals surface area contributed by atoms with Crippen LogP contribution in [-0.4, -0.2) is 41.3 Å². The lowest BCUT2D eigenvalue weighted by atomic mass is 9.85. The van der Waals surface area contributed by atoms with E-state index in [4.69, 9.17) is 5.84 Å². The average molecular weight is 349 g/mol. The molecule has 4 rings (SSSR count). The van der Waals surface area contributed by atoms with Crippen LogP contribution in [0.1, 0.15) is 24.8 Å².